The first kappa shape index (κ1) is 14.6. The Kier molecular flexibility index (Phi) is 4.17. The summed E-state index contributed by atoms with van der Waals surface area (Å²) in [6, 6.07) is 5.17. The summed E-state index contributed by atoms with van der Waals surface area (Å²) in [6.07, 6.45) is 3.97. The van der Waals surface area contributed by atoms with Crippen LogP contribution in [0.15, 0.2) is 24.5 Å². The van der Waals surface area contributed by atoms with Crippen LogP contribution in [0.4, 0.5) is 5.69 Å². The number of anilines is 1. The lowest BCUT2D eigenvalue weighted by Gasteiger charge is -2.20. The fraction of sp³-hybridized carbons (Fsp3) is 0.471. The number of aryl methyl sites for hydroxylation is 3. The van der Waals surface area contributed by atoms with E-state index in [2.05, 4.69) is 70.3 Å². The highest BCUT2D eigenvalue weighted by molar-refractivity contribution is 5.46. The summed E-state index contributed by atoms with van der Waals surface area (Å²) in [5.41, 5.74) is 6.47. The molecule has 2 aromatic rings. The third-order valence-electron chi connectivity index (χ3n) is 3.68. The SMILES string of the molecule is Cc1cc(C)c(C(C)Nc2cnn(C(C)C)c2)c(C)c1. The molecule has 108 valence electrons. The van der Waals surface area contributed by atoms with Crippen LogP contribution >= 0.6 is 0 Å². The molecule has 0 aliphatic heterocycles. The van der Waals surface area contributed by atoms with Crippen LogP contribution < -0.4 is 5.32 Å². The van der Waals surface area contributed by atoms with Gasteiger partial charge in [0.1, 0.15) is 0 Å². The molecule has 3 nitrogen and oxygen atoms in total. The summed E-state index contributed by atoms with van der Waals surface area (Å²) in [4.78, 5) is 0. The first-order chi connectivity index (χ1) is 9.38. The van der Waals surface area contributed by atoms with Crippen LogP contribution in [0.3, 0.4) is 0 Å². The van der Waals surface area contributed by atoms with Crippen molar-refractivity contribution in [3.63, 3.8) is 0 Å². The van der Waals surface area contributed by atoms with Crippen LogP contribution in [0.2, 0.25) is 0 Å². The Labute approximate surface area is 122 Å². The third kappa shape index (κ3) is 3.03. The molecule has 0 radical (unpaired) electrons. The van der Waals surface area contributed by atoms with E-state index in [-0.39, 0.29) is 6.04 Å². The van der Waals surface area contributed by atoms with Crippen molar-refractivity contribution in [2.75, 3.05) is 5.32 Å². The lowest BCUT2D eigenvalue weighted by Crippen LogP contribution is -2.10. The minimum atomic E-state index is 0.278. The van der Waals surface area contributed by atoms with E-state index in [4.69, 9.17) is 0 Å². The molecule has 1 aromatic carbocycles. The predicted octanol–water partition coefficient (Wildman–Crippen LogP) is 4.56. The molecule has 1 atom stereocenters. The summed E-state index contributed by atoms with van der Waals surface area (Å²) in [5.74, 6) is 0. The van der Waals surface area contributed by atoms with Gasteiger partial charge in [0.25, 0.3) is 0 Å². The average Bonchev–Trinajstić information content (AvgIpc) is 2.75. The predicted molar refractivity (Wildman–Crippen MR) is 85.3 cm³/mol. The van der Waals surface area contributed by atoms with Gasteiger partial charge in [0.05, 0.1) is 11.9 Å². The molecule has 0 aliphatic carbocycles. The summed E-state index contributed by atoms with van der Waals surface area (Å²) < 4.78 is 1.98. The zero-order valence-electron chi connectivity index (χ0n) is 13.4. The largest absolute Gasteiger partial charge is 0.376 e. The Balaban J connectivity index is 2.21. The topological polar surface area (TPSA) is 29.9 Å². The maximum atomic E-state index is 4.38. The molecule has 0 amide bonds. The van der Waals surface area contributed by atoms with Crippen LogP contribution in [0.1, 0.15) is 55.1 Å². The van der Waals surface area contributed by atoms with E-state index in [1.165, 1.54) is 22.3 Å². The first-order valence-corrected chi connectivity index (χ1v) is 7.27. The van der Waals surface area contributed by atoms with Gasteiger partial charge < -0.3 is 5.32 Å². The molecule has 1 heterocycles. The number of benzene rings is 1. The minimum Gasteiger partial charge on any atom is -0.376 e. The van der Waals surface area contributed by atoms with Gasteiger partial charge in [-0.05, 0) is 58.2 Å². The number of nitrogens with one attached hydrogen (secondary N) is 1. The molecule has 2 rings (SSSR count). The highest BCUT2D eigenvalue weighted by atomic mass is 15.3. The van der Waals surface area contributed by atoms with E-state index in [1.807, 2.05) is 10.9 Å². The maximum absolute atomic E-state index is 4.38. The monoisotopic (exact) mass is 271 g/mol. The number of hydrogen-bond acceptors (Lipinski definition) is 2. The van der Waals surface area contributed by atoms with Crippen molar-refractivity contribution < 1.29 is 0 Å². The molecular weight excluding hydrogens is 246 g/mol. The van der Waals surface area contributed by atoms with E-state index >= 15 is 0 Å². The standard InChI is InChI=1S/C17H25N3/c1-11(2)20-10-16(9-18-20)19-15(6)17-13(4)7-12(3)8-14(17)5/h7-11,15,19H,1-6H3. The summed E-state index contributed by atoms with van der Waals surface area (Å²) in [7, 11) is 0. The average molecular weight is 271 g/mol. The summed E-state index contributed by atoms with van der Waals surface area (Å²) in [5, 5.41) is 7.93. The second kappa shape index (κ2) is 5.70. The summed E-state index contributed by atoms with van der Waals surface area (Å²) in [6.45, 7) is 13.0. The Morgan fingerprint density at radius 1 is 1.05 bits per heavy atom. The van der Waals surface area contributed by atoms with Crippen molar-refractivity contribution in [3.05, 3.63) is 46.8 Å². The fourth-order valence-electron chi connectivity index (χ4n) is 2.89. The van der Waals surface area contributed by atoms with Crippen molar-refractivity contribution in [1.29, 1.82) is 0 Å². The maximum Gasteiger partial charge on any atom is 0.0731 e. The molecule has 1 aromatic heterocycles. The molecule has 3 heteroatoms. The van der Waals surface area contributed by atoms with E-state index < -0.39 is 0 Å². The molecule has 0 spiro atoms. The van der Waals surface area contributed by atoms with Crippen LogP contribution in [0, 0.1) is 20.8 Å². The molecular formula is C17H25N3. The van der Waals surface area contributed by atoms with Gasteiger partial charge in [-0.1, -0.05) is 17.7 Å². The Morgan fingerprint density at radius 3 is 2.15 bits per heavy atom. The minimum absolute atomic E-state index is 0.278. The quantitative estimate of drug-likeness (QED) is 0.883. The van der Waals surface area contributed by atoms with Gasteiger partial charge in [-0.25, -0.2) is 0 Å². The number of rotatable bonds is 4. The normalized spacial score (nSPS) is 12.8. The smallest absolute Gasteiger partial charge is 0.0731 e. The highest BCUT2D eigenvalue weighted by Crippen LogP contribution is 2.26. The van der Waals surface area contributed by atoms with Crippen LogP contribution in [-0.2, 0) is 0 Å². The lowest BCUT2D eigenvalue weighted by molar-refractivity contribution is 0.532. The molecule has 1 unspecified atom stereocenters. The van der Waals surface area contributed by atoms with Crippen molar-refractivity contribution >= 4 is 5.69 Å². The van der Waals surface area contributed by atoms with Gasteiger partial charge in [0, 0.05) is 18.3 Å². The van der Waals surface area contributed by atoms with E-state index in [1.54, 1.807) is 0 Å². The first-order valence-electron chi connectivity index (χ1n) is 7.27. The Bertz CT molecular complexity index is 573. The fourth-order valence-corrected chi connectivity index (χ4v) is 2.89. The van der Waals surface area contributed by atoms with Crippen molar-refractivity contribution in [1.82, 2.24) is 9.78 Å². The van der Waals surface area contributed by atoms with Gasteiger partial charge in [0.2, 0.25) is 0 Å². The number of hydrogen-bond donors (Lipinski definition) is 1. The van der Waals surface area contributed by atoms with Crippen molar-refractivity contribution in [3.8, 4) is 0 Å². The third-order valence-corrected chi connectivity index (χ3v) is 3.68. The van der Waals surface area contributed by atoms with Crippen molar-refractivity contribution in [2.45, 2.75) is 53.6 Å². The second-order valence-corrected chi connectivity index (χ2v) is 5.98. The molecule has 0 bridgehead atoms. The van der Waals surface area contributed by atoms with Gasteiger partial charge in [0.15, 0.2) is 0 Å². The molecule has 20 heavy (non-hydrogen) atoms. The lowest BCUT2D eigenvalue weighted by atomic mass is 9.95. The van der Waals surface area contributed by atoms with E-state index in [9.17, 15) is 0 Å². The second-order valence-electron chi connectivity index (χ2n) is 5.98. The van der Waals surface area contributed by atoms with E-state index in [0.29, 0.717) is 6.04 Å². The zero-order chi connectivity index (χ0) is 14.9. The van der Waals surface area contributed by atoms with Gasteiger partial charge in [-0.15, -0.1) is 0 Å². The van der Waals surface area contributed by atoms with Gasteiger partial charge in [-0.3, -0.25) is 4.68 Å². The molecule has 1 N–H and O–H groups in total. The highest BCUT2D eigenvalue weighted by Gasteiger charge is 2.13. The van der Waals surface area contributed by atoms with Gasteiger partial charge in [-0.2, -0.15) is 5.10 Å². The van der Waals surface area contributed by atoms with Gasteiger partial charge >= 0.3 is 0 Å². The van der Waals surface area contributed by atoms with Crippen LogP contribution in [-0.4, -0.2) is 9.78 Å². The molecule has 0 fully saturated rings. The number of nitrogens with zero attached hydrogens (tertiary/aromatic N) is 2. The Hall–Kier alpha value is -1.77. The summed E-state index contributed by atoms with van der Waals surface area (Å²) >= 11 is 0. The molecule has 0 saturated carbocycles. The Morgan fingerprint density at radius 2 is 1.65 bits per heavy atom. The molecule has 0 aliphatic rings. The van der Waals surface area contributed by atoms with Crippen LogP contribution in [0.25, 0.3) is 0 Å². The molecule has 0 saturated heterocycles. The van der Waals surface area contributed by atoms with Crippen molar-refractivity contribution in [2.24, 2.45) is 0 Å². The van der Waals surface area contributed by atoms with Crippen LogP contribution in [0.5, 0.6) is 0 Å². The number of aromatic nitrogens is 2. The zero-order valence-corrected chi connectivity index (χ0v) is 13.4. The van der Waals surface area contributed by atoms with E-state index in [0.717, 1.165) is 5.69 Å².